The second-order valence-electron chi connectivity index (χ2n) is 8.55. The van der Waals surface area contributed by atoms with E-state index < -0.39 is 6.23 Å². The summed E-state index contributed by atoms with van der Waals surface area (Å²) in [6.45, 7) is 7.64. The van der Waals surface area contributed by atoms with Crippen LogP contribution < -0.4 is 20.3 Å². The van der Waals surface area contributed by atoms with E-state index in [1.807, 2.05) is 37.4 Å². The first kappa shape index (κ1) is 25.9. The van der Waals surface area contributed by atoms with E-state index in [4.69, 9.17) is 9.47 Å². The Kier molecular flexibility index (Phi) is 10.1. The molecular weight excluding hydrogens is 428 g/mol. The van der Waals surface area contributed by atoms with Crippen molar-refractivity contribution in [1.82, 2.24) is 15.2 Å². The quantitative estimate of drug-likeness (QED) is 0.481. The van der Waals surface area contributed by atoms with Crippen LogP contribution in [0.1, 0.15) is 44.9 Å². The Hall–Kier alpha value is -2.74. The van der Waals surface area contributed by atoms with E-state index in [0.717, 1.165) is 55.9 Å². The molecule has 0 spiro atoms. The number of nitrogens with one attached hydrogen (secondary N) is 2. The fourth-order valence-electron chi connectivity index (χ4n) is 3.93. The van der Waals surface area contributed by atoms with Crippen LogP contribution in [0.4, 0.5) is 5.69 Å². The van der Waals surface area contributed by atoms with Gasteiger partial charge in [0.05, 0.1) is 29.7 Å². The molecule has 0 saturated heterocycles. The molecule has 0 radical (unpaired) electrons. The molecule has 7 nitrogen and oxygen atoms in total. The Morgan fingerprint density at radius 3 is 2.65 bits per heavy atom. The van der Waals surface area contributed by atoms with Crippen LogP contribution in [0.3, 0.4) is 0 Å². The van der Waals surface area contributed by atoms with Crippen LogP contribution in [0, 0.1) is 0 Å². The number of aliphatic hydroxyl groups is 1. The standard InChI is InChI=1S/C14H20N2O.C13H20N2O2/c1-3-8-15-13-11-12(17-2)6-7-14(13)16-9-4-5-10-16;1-3-6-14-13(16)10-4-5-11-12(9-10)17-8-7-15(11)2/h4-5,7,9-12,15H,3,6,8H2,1-2H3;4-5,9,13-14,16H,3,6-8H2,1-2H3. The molecule has 0 amide bonds. The molecule has 2 aliphatic rings. The second-order valence-corrected chi connectivity index (χ2v) is 8.55. The van der Waals surface area contributed by atoms with Gasteiger partial charge in [0, 0.05) is 33.1 Å². The van der Waals surface area contributed by atoms with E-state index in [-0.39, 0.29) is 6.10 Å². The van der Waals surface area contributed by atoms with Gasteiger partial charge in [0.1, 0.15) is 18.6 Å². The van der Waals surface area contributed by atoms with Gasteiger partial charge < -0.3 is 29.4 Å². The summed E-state index contributed by atoms with van der Waals surface area (Å²) in [4.78, 5) is 2.16. The zero-order chi connectivity index (χ0) is 24.3. The van der Waals surface area contributed by atoms with Gasteiger partial charge in [-0.3, -0.25) is 5.32 Å². The average Bonchev–Trinajstić information content (AvgIpc) is 3.41. The van der Waals surface area contributed by atoms with Crippen LogP contribution in [0.15, 0.2) is 60.6 Å². The van der Waals surface area contributed by atoms with Gasteiger partial charge in [-0.05, 0) is 61.7 Å². The number of likely N-dealkylation sites (N-methyl/N-ethyl adjacent to an activating group) is 1. The summed E-state index contributed by atoms with van der Waals surface area (Å²) in [6, 6.07) is 9.94. The Morgan fingerprint density at radius 2 is 1.94 bits per heavy atom. The number of benzene rings is 1. The topological polar surface area (TPSA) is 70.9 Å². The highest BCUT2D eigenvalue weighted by Crippen LogP contribution is 2.32. The van der Waals surface area contributed by atoms with Gasteiger partial charge in [-0.15, -0.1) is 0 Å². The molecule has 1 aromatic heterocycles. The van der Waals surface area contributed by atoms with Crippen molar-refractivity contribution in [3.05, 3.63) is 66.1 Å². The van der Waals surface area contributed by atoms with Crippen LogP contribution in [0.25, 0.3) is 5.70 Å². The Balaban J connectivity index is 0.000000191. The Labute approximate surface area is 204 Å². The van der Waals surface area contributed by atoms with Crippen LogP contribution >= 0.6 is 0 Å². The number of aliphatic hydroxyl groups excluding tert-OH is 1. The number of aromatic nitrogens is 1. The number of ether oxygens (including phenoxy) is 2. The lowest BCUT2D eigenvalue weighted by Crippen LogP contribution is -2.29. The highest BCUT2D eigenvalue weighted by atomic mass is 16.5. The SMILES string of the molecule is CCCNC(O)c1ccc2c(c1)OCCN2C.CCCNC1=CC(OC)CC=C1n1cccc1. The fraction of sp³-hybridized carbons (Fsp3) is 0.481. The first-order valence-electron chi connectivity index (χ1n) is 12.3. The van der Waals surface area contributed by atoms with Crippen molar-refractivity contribution >= 4 is 11.4 Å². The van der Waals surface area contributed by atoms with Crippen molar-refractivity contribution in [1.29, 1.82) is 0 Å². The maximum absolute atomic E-state index is 9.94. The molecule has 2 heterocycles. The smallest absolute Gasteiger partial charge is 0.143 e. The molecule has 0 saturated carbocycles. The number of fused-ring (bicyclic) bond motifs is 1. The molecule has 2 aromatic rings. The molecule has 4 rings (SSSR count). The predicted octanol–water partition coefficient (Wildman–Crippen LogP) is 4.14. The summed E-state index contributed by atoms with van der Waals surface area (Å²) in [5, 5.41) is 16.5. The fourth-order valence-corrected chi connectivity index (χ4v) is 3.93. The summed E-state index contributed by atoms with van der Waals surface area (Å²) >= 11 is 0. The minimum absolute atomic E-state index is 0.189. The van der Waals surface area contributed by atoms with Crippen LogP contribution in [0.2, 0.25) is 0 Å². The van der Waals surface area contributed by atoms with Crippen LogP contribution in [-0.2, 0) is 4.74 Å². The Morgan fingerprint density at radius 1 is 1.18 bits per heavy atom. The molecule has 1 aromatic carbocycles. The number of anilines is 1. The molecule has 34 heavy (non-hydrogen) atoms. The van der Waals surface area contributed by atoms with Gasteiger partial charge >= 0.3 is 0 Å². The maximum atomic E-state index is 9.94. The molecule has 0 fully saturated rings. The molecule has 3 N–H and O–H groups in total. The molecule has 1 aliphatic heterocycles. The van der Waals surface area contributed by atoms with Crippen molar-refractivity contribution in [2.45, 2.75) is 45.4 Å². The van der Waals surface area contributed by atoms with Gasteiger partial charge in [0.2, 0.25) is 0 Å². The third-order valence-corrected chi connectivity index (χ3v) is 5.91. The number of methoxy groups -OCH3 is 1. The van der Waals surface area contributed by atoms with Gasteiger partial charge in [0.25, 0.3) is 0 Å². The molecular formula is C27H40N4O3. The first-order valence-corrected chi connectivity index (χ1v) is 12.3. The monoisotopic (exact) mass is 468 g/mol. The van der Waals surface area contributed by atoms with E-state index >= 15 is 0 Å². The first-order chi connectivity index (χ1) is 16.6. The van der Waals surface area contributed by atoms with Crippen molar-refractivity contribution < 1.29 is 14.6 Å². The third-order valence-electron chi connectivity index (χ3n) is 5.91. The highest BCUT2D eigenvalue weighted by Gasteiger charge is 2.17. The summed E-state index contributed by atoms with van der Waals surface area (Å²) in [7, 11) is 3.81. The zero-order valence-electron chi connectivity index (χ0n) is 21.0. The average molecular weight is 469 g/mol. The van der Waals surface area contributed by atoms with Crippen molar-refractivity contribution in [3.63, 3.8) is 0 Å². The predicted molar refractivity (Wildman–Crippen MR) is 139 cm³/mol. The largest absolute Gasteiger partial charge is 0.490 e. The lowest BCUT2D eigenvalue weighted by atomic mass is 10.1. The zero-order valence-corrected chi connectivity index (χ0v) is 21.0. The third kappa shape index (κ3) is 6.88. The van der Waals surface area contributed by atoms with Gasteiger partial charge in [-0.1, -0.05) is 26.0 Å². The molecule has 7 heteroatoms. The van der Waals surface area contributed by atoms with E-state index in [1.54, 1.807) is 7.11 Å². The van der Waals surface area contributed by atoms with Crippen LogP contribution in [0.5, 0.6) is 5.75 Å². The maximum Gasteiger partial charge on any atom is 0.143 e. The van der Waals surface area contributed by atoms with Crippen LogP contribution in [-0.4, -0.2) is 56.2 Å². The summed E-state index contributed by atoms with van der Waals surface area (Å²) in [5.41, 5.74) is 4.33. The minimum Gasteiger partial charge on any atom is -0.490 e. The molecule has 2 unspecified atom stereocenters. The van der Waals surface area contributed by atoms with E-state index in [0.29, 0.717) is 6.61 Å². The minimum atomic E-state index is -0.615. The van der Waals surface area contributed by atoms with Crippen molar-refractivity contribution in [3.8, 4) is 5.75 Å². The molecule has 2 atom stereocenters. The highest BCUT2D eigenvalue weighted by molar-refractivity contribution is 5.65. The van der Waals surface area contributed by atoms with E-state index in [2.05, 4.69) is 58.5 Å². The molecule has 1 aliphatic carbocycles. The number of allylic oxidation sites excluding steroid dienone is 1. The summed E-state index contributed by atoms with van der Waals surface area (Å²) < 4.78 is 13.1. The lowest BCUT2D eigenvalue weighted by molar-refractivity contribution is 0.139. The molecule has 186 valence electrons. The number of nitrogens with zero attached hydrogens (tertiary/aromatic N) is 2. The lowest BCUT2D eigenvalue weighted by Gasteiger charge is -2.28. The summed E-state index contributed by atoms with van der Waals surface area (Å²) in [5.74, 6) is 0.855. The molecule has 0 bridgehead atoms. The second kappa shape index (κ2) is 13.2. The van der Waals surface area contributed by atoms with Crippen molar-refractivity contribution in [2.24, 2.45) is 0 Å². The van der Waals surface area contributed by atoms with Gasteiger partial charge in [-0.2, -0.15) is 0 Å². The van der Waals surface area contributed by atoms with E-state index in [1.165, 1.54) is 11.4 Å². The Bertz CT molecular complexity index is 939. The van der Waals surface area contributed by atoms with E-state index in [9.17, 15) is 5.11 Å². The number of hydrogen-bond donors (Lipinski definition) is 3. The number of hydrogen-bond acceptors (Lipinski definition) is 6. The summed E-state index contributed by atoms with van der Waals surface area (Å²) in [6.07, 6.45) is 11.2. The van der Waals surface area contributed by atoms with Gasteiger partial charge in [-0.25, -0.2) is 0 Å². The normalized spacial score (nSPS) is 18.0. The van der Waals surface area contributed by atoms with Crippen molar-refractivity contribution in [2.75, 3.05) is 45.3 Å². The van der Waals surface area contributed by atoms with Gasteiger partial charge in [0.15, 0.2) is 0 Å². The number of rotatable bonds is 9.